The molecule has 1 aliphatic heterocycles. The highest BCUT2D eigenvalue weighted by atomic mass is 32.2. The Hall–Kier alpha value is -1.17. The number of hydrogen-bond acceptors (Lipinski definition) is 2. The van der Waals surface area contributed by atoms with Crippen LogP contribution in [0.4, 0.5) is 14.5 Å². The highest BCUT2D eigenvalue weighted by Gasteiger charge is 2.48. The Balaban J connectivity index is 1.90. The van der Waals surface area contributed by atoms with Crippen molar-refractivity contribution in [1.82, 2.24) is 0 Å². The van der Waals surface area contributed by atoms with Gasteiger partial charge in [0.1, 0.15) is 0 Å². The maximum absolute atomic E-state index is 13.0. The molecule has 1 heterocycles. The number of alkyl halides is 2. The normalized spacial score (nSPS) is 21.2. The molecule has 3 rings (SSSR count). The first-order chi connectivity index (χ1) is 10.5. The van der Waals surface area contributed by atoms with Gasteiger partial charge in [-0.1, -0.05) is 39.0 Å². The van der Waals surface area contributed by atoms with Gasteiger partial charge in [-0.15, -0.1) is 0 Å². The molecule has 2 aliphatic rings. The summed E-state index contributed by atoms with van der Waals surface area (Å²) in [4.78, 5) is 0. The summed E-state index contributed by atoms with van der Waals surface area (Å²) in [7, 11) is -3.57. The monoisotopic (exact) mass is 343 g/mol. The van der Waals surface area contributed by atoms with Crippen LogP contribution in [0.3, 0.4) is 0 Å². The van der Waals surface area contributed by atoms with E-state index < -0.39 is 21.9 Å². The lowest BCUT2D eigenvalue weighted by atomic mass is 9.83. The van der Waals surface area contributed by atoms with Crippen molar-refractivity contribution in [3.63, 3.8) is 0 Å². The Morgan fingerprint density at radius 3 is 2.48 bits per heavy atom. The van der Waals surface area contributed by atoms with Gasteiger partial charge in [0, 0.05) is 19.4 Å². The molecule has 0 saturated heterocycles. The van der Waals surface area contributed by atoms with Gasteiger partial charge >= 0.3 is 0 Å². The molecular weight excluding hydrogens is 320 g/mol. The molecule has 0 bridgehead atoms. The minimum Gasteiger partial charge on any atom is -0.269 e. The number of hydrogen-bond donors (Lipinski definition) is 0. The van der Waals surface area contributed by atoms with Gasteiger partial charge in [0.2, 0.25) is 15.9 Å². The summed E-state index contributed by atoms with van der Waals surface area (Å²) < 4.78 is 53.0. The summed E-state index contributed by atoms with van der Waals surface area (Å²) >= 11 is 0. The molecule has 0 aromatic heterocycles. The first kappa shape index (κ1) is 16.7. The van der Waals surface area contributed by atoms with Crippen LogP contribution in [0.15, 0.2) is 18.2 Å². The summed E-state index contributed by atoms with van der Waals surface area (Å²) in [6.45, 7) is 6.57. The van der Waals surface area contributed by atoms with E-state index in [1.54, 1.807) is 0 Å². The fraction of sp³-hybridized carbons (Fsp3) is 0.647. The molecule has 23 heavy (non-hydrogen) atoms. The molecule has 0 atom stereocenters. The van der Waals surface area contributed by atoms with Gasteiger partial charge in [-0.05, 0) is 28.9 Å². The van der Waals surface area contributed by atoms with Gasteiger partial charge < -0.3 is 0 Å². The number of benzene rings is 1. The summed E-state index contributed by atoms with van der Waals surface area (Å²) in [5, 5.41) is 0. The van der Waals surface area contributed by atoms with E-state index in [0.717, 1.165) is 16.8 Å². The van der Waals surface area contributed by atoms with Gasteiger partial charge in [-0.25, -0.2) is 17.2 Å². The quantitative estimate of drug-likeness (QED) is 0.839. The molecule has 1 fully saturated rings. The second-order valence-corrected chi connectivity index (χ2v) is 9.73. The third-order valence-electron chi connectivity index (χ3n) is 4.72. The number of anilines is 1. The van der Waals surface area contributed by atoms with E-state index in [-0.39, 0.29) is 24.0 Å². The van der Waals surface area contributed by atoms with Gasteiger partial charge in [0.25, 0.3) is 0 Å². The van der Waals surface area contributed by atoms with Crippen LogP contribution >= 0.6 is 0 Å². The predicted molar refractivity (Wildman–Crippen MR) is 87.6 cm³/mol. The molecule has 0 N–H and O–H groups in total. The van der Waals surface area contributed by atoms with Gasteiger partial charge in [0.15, 0.2) is 0 Å². The summed E-state index contributed by atoms with van der Waals surface area (Å²) in [5.74, 6) is -3.29. The van der Waals surface area contributed by atoms with E-state index in [9.17, 15) is 17.2 Å². The Bertz CT molecular complexity index is 715. The molecule has 1 aromatic rings. The maximum atomic E-state index is 13.0. The van der Waals surface area contributed by atoms with Crippen LogP contribution in [0.2, 0.25) is 0 Å². The molecule has 3 nitrogen and oxygen atoms in total. The van der Waals surface area contributed by atoms with Crippen molar-refractivity contribution in [2.75, 3.05) is 16.6 Å². The van der Waals surface area contributed by atoms with Gasteiger partial charge in [-0.2, -0.15) is 0 Å². The number of fused-ring (bicyclic) bond motifs is 1. The van der Waals surface area contributed by atoms with Crippen molar-refractivity contribution in [3.8, 4) is 0 Å². The van der Waals surface area contributed by atoms with Crippen molar-refractivity contribution < 1.29 is 17.2 Å². The van der Waals surface area contributed by atoms with Gasteiger partial charge in [-0.3, -0.25) is 4.31 Å². The molecule has 0 amide bonds. The van der Waals surface area contributed by atoms with E-state index in [1.807, 2.05) is 18.2 Å². The Labute approximate surface area is 136 Å². The highest BCUT2D eigenvalue weighted by molar-refractivity contribution is 7.92. The Morgan fingerprint density at radius 2 is 1.91 bits per heavy atom. The Morgan fingerprint density at radius 1 is 1.26 bits per heavy atom. The Kier molecular flexibility index (Phi) is 3.74. The smallest absolute Gasteiger partial charge is 0.248 e. The van der Waals surface area contributed by atoms with Gasteiger partial charge in [0.05, 0.1) is 11.4 Å². The third kappa shape index (κ3) is 3.10. The lowest BCUT2D eigenvalue weighted by Crippen LogP contribution is -2.43. The van der Waals surface area contributed by atoms with Crippen molar-refractivity contribution >= 4 is 15.7 Å². The average Bonchev–Trinajstić information content (AvgIpc) is 2.78. The number of para-hydroxylation sites is 1. The topological polar surface area (TPSA) is 37.4 Å². The van der Waals surface area contributed by atoms with Crippen LogP contribution in [-0.2, 0) is 21.9 Å². The standard InChI is InChI=1S/C17H23F2NO2S/c1-16(2,3)14-6-4-5-13-7-8-20(15(13)14)23(21,22)11-12-9-17(18,19)10-12/h4-6,12H,7-11H2,1-3H3. The summed E-state index contributed by atoms with van der Waals surface area (Å²) in [6.07, 6.45) is 0.0565. The molecular formula is C17H23F2NO2S. The van der Waals surface area contributed by atoms with Crippen LogP contribution in [-0.4, -0.2) is 26.6 Å². The van der Waals surface area contributed by atoms with Crippen LogP contribution < -0.4 is 4.31 Å². The first-order valence-electron chi connectivity index (χ1n) is 8.00. The molecule has 6 heteroatoms. The van der Waals surface area contributed by atoms with Crippen molar-refractivity contribution in [3.05, 3.63) is 29.3 Å². The second kappa shape index (κ2) is 5.16. The predicted octanol–water partition coefficient (Wildman–Crippen LogP) is 3.72. The van der Waals surface area contributed by atoms with E-state index >= 15 is 0 Å². The zero-order chi connectivity index (χ0) is 17.0. The number of halogens is 2. The molecule has 0 spiro atoms. The van der Waals surface area contributed by atoms with Crippen molar-refractivity contribution in [2.45, 2.75) is 51.4 Å². The van der Waals surface area contributed by atoms with E-state index in [1.165, 1.54) is 4.31 Å². The fourth-order valence-corrected chi connectivity index (χ4v) is 5.47. The number of sulfonamides is 1. The molecule has 1 aliphatic carbocycles. The van der Waals surface area contributed by atoms with Crippen LogP contribution in [0.1, 0.15) is 44.7 Å². The van der Waals surface area contributed by atoms with Crippen molar-refractivity contribution in [2.24, 2.45) is 5.92 Å². The lowest BCUT2D eigenvalue weighted by Gasteiger charge is -2.36. The van der Waals surface area contributed by atoms with Crippen LogP contribution in [0.25, 0.3) is 0 Å². The first-order valence-corrected chi connectivity index (χ1v) is 9.61. The van der Waals surface area contributed by atoms with Crippen molar-refractivity contribution in [1.29, 1.82) is 0 Å². The zero-order valence-corrected chi connectivity index (χ0v) is 14.6. The zero-order valence-electron chi connectivity index (χ0n) is 13.8. The number of rotatable bonds is 3. The minimum atomic E-state index is -3.57. The summed E-state index contributed by atoms with van der Waals surface area (Å²) in [6, 6.07) is 5.88. The molecule has 128 valence electrons. The summed E-state index contributed by atoms with van der Waals surface area (Å²) in [5.41, 5.74) is 2.62. The fourth-order valence-electron chi connectivity index (χ4n) is 3.60. The maximum Gasteiger partial charge on any atom is 0.248 e. The second-order valence-electron chi connectivity index (χ2n) is 7.79. The third-order valence-corrected chi connectivity index (χ3v) is 6.65. The van der Waals surface area contributed by atoms with Crippen LogP contribution in [0, 0.1) is 5.92 Å². The minimum absolute atomic E-state index is 0.174. The molecule has 1 aromatic carbocycles. The average molecular weight is 343 g/mol. The largest absolute Gasteiger partial charge is 0.269 e. The number of nitrogens with zero attached hydrogens (tertiary/aromatic N) is 1. The SMILES string of the molecule is CC(C)(C)c1cccc2c1N(S(=O)(=O)CC1CC(F)(F)C1)CC2. The van der Waals surface area contributed by atoms with Crippen LogP contribution in [0.5, 0.6) is 0 Å². The lowest BCUT2D eigenvalue weighted by molar-refractivity contribution is -0.103. The van der Waals surface area contributed by atoms with E-state index in [4.69, 9.17) is 0 Å². The van der Waals surface area contributed by atoms with E-state index in [2.05, 4.69) is 20.8 Å². The molecule has 0 unspecified atom stereocenters. The van der Waals surface area contributed by atoms with E-state index in [0.29, 0.717) is 13.0 Å². The molecule has 0 radical (unpaired) electrons. The molecule has 1 saturated carbocycles. The highest BCUT2D eigenvalue weighted by Crippen LogP contribution is 2.45.